The van der Waals surface area contributed by atoms with Gasteiger partial charge < -0.3 is 18.9 Å². The van der Waals surface area contributed by atoms with E-state index >= 15 is 0 Å². The lowest BCUT2D eigenvalue weighted by molar-refractivity contribution is -0.117. The second-order valence-corrected chi connectivity index (χ2v) is 6.45. The normalized spacial score (nSPS) is 16.7. The average Bonchev–Trinajstić information content (AvgIpc) is 3.02. The Hall–Kier alpha value is -2.81. The third-order valence-electron chi connectivity index (χ3n) is 4.68. The van der Waals surface area contributed by atoms with Gasteiger partial charge in [-0.1, -0.05) is 0 Å². The van der Waals surface area contributed by atoms with Crippen molar-refractivity contribution < 1.29 is 27.4 Å². The molecule has 0 bridgehead atoms. The Balaban J connectivity index is 1.94. The number of hydrogen-bond donors (Lipinski definition) is 0. The molecule has 1 amide bonds. The maximum Gasteiger partial charge on any atom is 0.274 e. The zero-order chi connectivity index (χ0) is 20.4. The molecule has 2 heterocycles. The summed E-state index contributed by atoms with van der Waals surface area (Å²) in [6, 6.07) is 3.02. The van der Waals surface area contributed by atoms with Crippen molar-refractivity contribution in [2.75, 3.05) is 32.3 Å². The monoisotopic (exact) mass is 396 g/mol. The highest BCUT2D eigenvalue weighted by Crippen LogP contribution is 2.35. The Labute approximate surface area is 159 Å². The van der Waals surface area contributed by atoms with Gasteiger partial charge in [0.2, 0.25) is 5.91 Å². The van der Waals surface area contributed by atoms with E-state index in [1.54, 1.807) is 0 Å². The largest absolute Gasteiger partial charge is 0.497 e. The van der Waals surface area contributed by atoms with E-state index in [2.05, 4.69) is 0 Å². The van der Waals surface area contributed by atoms with Gasteiger partial charge in [-0.3, -0.25) is 9.59 Å². The Morgan fingerprint density at radius 1 is 1.11 bits per heavy atom. The summed E-state index contributed by atoms with van der Waals surface area (Å²) in [5.74, 6) is -3.69. The molecule has 2 aromatic rings. The van der Waals surface area contributed by atoms with Crippen LogP contribution in [0.5, 0.6) is 5.75 Å². The van der Waals surface area contributed by atoms with E-state index in [0.717, 1.165) is 33.9 Å². The van der Waals surface area contributed by atoms with Crippen molar-refractivity contribution in [1.82, 2.24) is 4.57 Å². The van der Waals surface area contributed by atoms with Crippen molar-refractivity contribution in [3.8, 4) is 5.75 Å². The molecule has 28 heavy (non-hydrogen) atoms. The van der Waals surface area contributed by atoms with Crippen LogP contribution in [0.2, 0.25) is 0 Å². The summed E-state index contributed by atoms with van der Waals surface area (Å²) >= 11 is 0. The number of anilines is 1. The molecular formula is C19H19F3N2O4. The first kappa shape index (κ1) is 19.9. The van der Waals surface area contributed by atoms with Gasteiger partial charge in [-0.25, -0.2) is 13.2 Å². The van der Waals surface area contributed by atoms with E-state index in [1.807, 2.05) is 0 Å². The van der Waals surface area contributed by atoms with E-state index in [1.165, 1.54) is 14.2 Å². The van der Waals surface area contributed by atoms with Gasteiger partial charge in [0.1, 0.15) is 28.9 Å². The summed E-state index contributed by atoms with van der Waals surface area (Å²) in [6.45, 7) is 0.150. The summed E-state index contributed by atoms with van der Waals surface area (Å²) in [4.78, 5) is 26.1. The lowest BCUT2D eigenvalue weighted by atomic mass is 9.97. The first-order valence-corrected chi connectivity index (χ1v) is 8.58. The van der Waals surface area contributed by atoms with Crippen LogP contribution >= 0.6 is 0 Å². The van der Waals surface area contributed by atoms with Crippen molar-refractivity contribution >= 4 is 11.6 Å². The predicted molar refractivity (Wildman–Crippen MR) is 95.2 cm³/mol. The van der Waals surface area contributed by atoms with E-state index in [4.69, 9.17) is 9.47 Å². The van der Waals surface area contributed by atoms with Gasteiger partial charge in [0.05, 0.1) is 13.7 Å². The Kier molecular flexibility index (Phi) is 5.73. The van der Waals surface area contributed by atoms with Crippen LogP contribution in [0.25, 0.3) is 0 Å². The van der Waals surface area contributed by atoms with Crippen LogP contribution in [0.15, 0.2) is 29.2 Å². The summed E-state index contributed by atoms with van der Waals surface area (Å²) in [6.07, 6.45) is 0.819. The molecular weight excluding hydrogens is 377 g/mol. The zero-order valence-electron chi connectivity index (χ0n) is 15.4. The van der Waals surface area contributed by atoms with Crippen molar-refractivity contribution in [3.05, 3.63) is 57.8 Å². The number of nitrogens with zero attached hydrogens (tertiary/aromatic N) is 2. The lowest BCUT2D eigenvalue weighted by Gasteiger charge is -2.18. The molecule has 1 aliphatic heterocycles. The molecule has 0 spiro atoms. The summed E-state index contributed by atoms with van der Waals surface area (Å²) in [5.41, 5.74) is -1.01. The number of pyridine rings is 1. The summed E-state index contributed by atoms with van der Waals surface area (Å²) in [7, 11) is 2.73. The Bertz CT molecular complexity index is 938. The standard InChI is InChI=1S/C19H19F3N2O4/c1-27-4-3-23-10-12(20)6-16(19(23)26)24-9-11(5-17(24)25)18-14(21)7-13(28-2)8-15(18)22/h6-8,10-11H,3-5,9H2,1-2H3. The lowest BCUT2D eigenvalue weighted by Crippen LogP contribution is -2.34. The quantitative estimate of drug-likeness (QED) is 0.753. The second-order valence-electron chi connectivity index (χ2n) is 6.45. The molecule has 150 valence electrons. The number of aromatic nitrogens is 1. The molecule has 1 aromatic heterocycles. The van der Waals surface area contributed by atoms with Crippen LogP contribution in [-0.4, -0.2) is 37.8 Å². The molecule has 0 radical (unpaired) electrons. The third kappa shape index (κ3) is 3.75. The van der Waals surface area contributed by atoms with Crippen LogP contribution in [0.1, 0.15) is 17.9 Å². The molecule has 1 unspecified atom stereocenters. The van der Waals surface area contributed by atoms with Gasteiger partial charge in [-0.15, -0.1) is 0 Å². The van der Waals surface area contributed by atoms with E-state index in [9.17, 15) is 22.8 Å². The minimum atomic E-state index is -0.840. The first-order chi connectivity index (χ1) is 13.3. The molecule has 1 fully saturated rings. The second kappa shape index (κ2) is 8.05. The maximum atomic E-state index is 14.4. The van der Waals surface area contributed by atoms with Crippen LogP contribution in [-0.2, 0) is 16.1 Å². The molecule has 1 atom stereocenters. The number of halogens is 3. The van der Waals surface area contributed by atoms with Gasteiger partial charge in [-0.05, 0) is 0 Å². The summed E-state index contributed by atoms with van der Waals surface area (Å²) in [5, 5.41) is 0. The Morgan fingerprint density at radius 3 is 2.39 bits per heavy atom. The van der Waals surface area contributed by atoms with Crippen molar-refractivity contribution in [3.63, 3.8) is 0 Å². The summed E-state index contributed by atoms with van der Waals surface area (Å²) < 4.78 is 53.5. The SMILES string of the molecule is COCCn1cc(F)cc(N2CC(c3c(F)cc(OC)cc3F)CC2=O)c1=O. The van der Waals surface area contributed by atoms with Gasteiger partial charge in [0, 0.05) is 62.5 Å². The molecule has 0 aliphatic carbocycles. The van der Waals surface area contributed by atoms with Gasteiger partial charge in [-0.2, -0.15) is 0 Å². The number of methoxy groups -OCH3 is 2. The van der Waals surface area contributed by atoms with E-state index in [-0.39, 0.29) is 43.1 Å². The van der Waals surface area contributed by atoms with Gasteiger partial charge in [0.15, 0.2) is 0 Å². The highest BCUT2D eigenvalue weighted by molar-refractivity contribution is 5.96. The van der Waals surface area contributed by atoms with Crippen molar-refractivity contribution in [2.24, 2.45) is 0 Å². The number of hydrogen-bond acceptors (Lipinski definition) is 4. The average molecular weight is 396 g/mol. The number of carbonyl (C=O) groups is 1. The van der Waals surface area contributed by atoms with Crippen LogP contribution < -0.4 is 15.2 Å². The van der Waals surface area contributed by atoms with Gasteiger partial charge in [0.25, 0.3) is 5.56 Å². The highest BCUT2D eigenvalue weighted by Gasteiger charge is 2.36. The van der Waals surface area contributed by atoms with Crippen LogP contribution in [0.3, 0.4) is 0 Å². The highest BCUT2D eigenvalue weighted by atomic mass is 19.1. The number of rotatable bonds is 6. The topological polar surface area (TPSA) is 60.8 Å². The number of benzene rings is 1. The number of amides is 1. The zero-order valence-corrected chi connectivity index (χ0v) is 15.4. The van der Waals surface area contributed by atoms with Gasteiger partial charge >= 0.3 is 0 Å². The molecule has 1 aromatic carbocycles. The fraction of sp³-hybridized carbons (Fsp3) is 0.368. The van der Waals surface area contributed by atoms with Crippen molar-refractivity contribution in [2.45, 2.75) is 18.9 Å². The molecule has 0 N–H and O–H groups in total. The smallest absolute Gasteiger partial charge is 0.274 e. The van der Waals surface area contributed by atoms with Crippen LogP contribution in [0.4, 0.5) is 18.9 Å². The minimum absolute atomic E-state index is 0.0195. The molecule has 3 rings (SSSR count). The molecule has 1 aliphatic rings. The first-order valence-electron chi connectivity index (χ1n) is 8.58. The van der Waals surface area contributed by atoms with Crippen molar-refractivity contribution in [1.29, 1.82) is 0 Å². The molecule has 9 heteroatoms. The van der Waals surface area contributed by atoms with Crippen LogP contribution in [0, 0.1) is 17.5 Å². The number of ether oxygens (including phenoxy) is 2. The fourth-order valence-electron chi connectivity index (χ4n) is 3.34. The molecule has 0 saturated carbocycles. The van der Waals surface area contributed by atoms with E-state index < -0.39 is 34.8 Å². The number of carbonyl (C=O) groups excluding carboxylic acids is 1. The predicted octanol–water partition coefficient (Wildman–Crippen LogP) is 2.44. The minimum Gasteiger partial charge on any atom is -0.497 e. The van der Waals surface area contributed by atoms with E-state index in [0.29, 0.717) is 0 Å². The molecule has 1 saturated heterocycles. The molecule has 6 nitrogen and oxygen atoms in total. The third-order valence-corrected chi connectivity index (χ3v) is 4.68. The fourth-order valence-corrected chi connectivity index (χ4v) is 3.34. The maximum absolute atomic E-state index is 14.4. The Morgan fingerprint density at radius 2 is 1.79 bits per heavy atom.